The molecule has 0 radical (unpaired) electrons. The van der Waals surface area contributed by atoms with E-state index in [9.17, 15) is 8.42 Å². The minimum atomic E-state index is -3.28. The summed E-state index contributed by atoms with van der Waals surface area (Å²) in [5.41, 5.74) is 5.70. The van der Waals surface area contributed by atoms with E-state index in [-0.39, 0.29) is 6.04 Å². The van der Waals surface area contributed by atoms with Crippen LogP contribution in [0.3, 0.4) is 0 Å². The Kier molecular flexibility index (Phi) is 4.11. The molecule has 0 aromatic rings. The maximum Gasteiger partial charge on any atom is 0.281 e. The lowest BCUT2D eigenvalue weighted by Gasteiger charge is -2.25. The molecule has 0 amide bonds. The van der Waals surface area contributed by atoms with Crippen LogP contribution >= 0.6 is 0 Å². The molecule has 0 aromatic carbocycles. The van der Waals surface area contributed by atoms with Gasteiger partial charge in [0.15, 0.2) is 0 Å². The molecule has 2 N–H and O–H groups in total. The monoisotopic (exact) mass is 235 g/mol. The van der Waals surface area contributed by atoms with Gasteiger partial charge in [-0.25, -0.2) is 0 Å². The second-order valence-corrected chi connectivity index (χ2v) is 6.62. The molecule has 1 aliphatic heterocycles. The van der Waals surface area contributed by atoms with Crippen LogP contribution in [0.5, 0.6) is 0 Å². The summed E-state index contributed by atoms with van der Waals surface area (Å²) in [6.07, 6.45) is 0.759. The molecule has 1 atom stereocenters. The zero-order valence-electron chi connectivity index (χ0n) is 9.68. The van der Waals surface area contributed by atoms with Crippen molar-refractivity contribution in [2.45, 2.75) is 26.3 Å². The van der Waals surface area contributed by atoms with Crippen LogP contribution in [0.4, 0.5) is 0 Å². The highest BCUT2D eigenvalue weighted by atomic mass is 32.2. The van der Waals surface area contributed by atoms with E-state index in [0.717, 1.165) is 6.42 Å². The van der Waals surface area contributed by atoms with Gasteiger partial charge in [-0.15, -0.1) is 0 Å². The molecule has 0 spiro atoms. The predicted octanol–water partition coefficient (Wildman–Crippen LogP) is -0.148. The third kappa shape index (κ3) is 3.14. The molecule has 1 rings (SSSR count). The second-order valence-electron chi connectivity index (χ2n) is 4.59. The van der Waals surface area contributed by atoms with Crippen LogP contribution in [0.1, 0.15) is 20.3 Å². The summed E-state index contributed by atoms with van der Waals surface area (Å²) in [5.74, 6) is 0.334. The summed E-state index contributed by atoms with van der Waals surface area (Å²) >= 11 is 0. The van der Waals surface area contributed by atoms with Gasteiger partial charge in [-0.1, -0.05) is 13.8 Å². The van der Waals surface area contributed by atoms with Crippen molar-refractivity contribution in [2.24, 2.45) is 11.7 Å². The van der Waals surface area contributed by atoms with Crippen LogP contribution in [0, 0.1) is 5.92 Å². The first kappa shape index (κ1) is 12.9. The maximum atomic E-state index is 12.0. The van der Waals surface area contributed by atoms with E-state index in [1.807, 2.05) is 13.8 Å². The Labute approximate surface area is 92.4 Å². The largest absolute Gasteiger partial charge is 0.326 e. The molecule has 1 heterocycles. The molecule has 0 unspecified atom stereocenters. The quantitative estimate of drug-likeness (QED) is 0.737. The smallest absolute Gasteiger partial charge is 0.281 e. The van der Waals surface area contributed by atoms with Crippen LogP contribution in [0.25, 0.3) is 0 Å². The van der Waals surface area contributed by atoms with Gasteiger partial charge in [0.25, 0.3) is 10.2 Å². The summed E-state index contributed by atoms with van der Waals surface area (Å²) in [6, 6.07) is -0.00720. The fourth-order valence-electron chi connectivity index (χ4n) is 1.77. The lowest BCUT2D eigenvalue weighted by Crippen LogP contribution is -2.43. The van der Waals surface area contributed by atoms with Gasteiger partial charge in [-0.2, -0.15) is 17.0 Å². The van der Waals surface area contributed by atoms with E-state index in [1.165, 1.54) is 8.61 Å². The lowest BCUT2D eigenvalue weighted by molar-refractivity contribution is 0.366. The first-order valence-corrected chi connectivity index (χ1v) is 6.70. The topological polar surface area (TPSA) is 66.6 Å². The van der Waals surface area contributed by atoms with Crippen molar-refractivity contribution >= 4 is 10.2 Å². The third-order valence-electron chi connectivity index (χ3n) is 2.53. The van der Waals surface area contributed by atoms with Crippen molar-refractivity contribution in [1.82, 2.24) is 8.61 Å². The van der Waals surface area contributed by atoms with E-state index < -0.39 is 10.2 Å². The molecule has 0 saturated carbocycles. The Bertz CT molecular complexity index is 302. The van der Waals surface area contributed by atoms with Crippen LogP contribution in [-0.4, -0.2) is 49.8 Å². The van der Waals surface area contributed by atoms with Gasteiger partial charge in [0.1, 0.15) is 0 Å². The lowest BCUT2D eigenvalue weighted by atomic mass is 10.2. The molecule has 5 nitrogen and oxygen atoms in total. The van der Waals surface area contributed by atoms with E-state index in [0.29, 0.717) is 25.6 Å². The van der Waals surface area contributed by atoms with E-state index >= 15 is 0 Å². The molecule has 90 valence electrons. The first-order valence-electron chi connectivity index (χ1n) is 5.31. The number of hydrogen-bond donors (Lipinski definition) is 1. The maximum absolute atomic E-state index is 12.0. The highest BCUT2D eigenvalue weighted by Gasteiger charge is 2.32. The number of nitrogens with two attached hydrogens (primary N) is 1. The minimum Gasteiger partial charge on any atom is -0.326 e. The van der Waals surface area contributed by atoms with E-state index in [2.05, 4.69) is 0 Å². The van der Waals surface area contributed by atoms with Crippen LogP contribution in [0.2, 0.25) is 0 Å². The SMILES string of the molecule is CC(C)CN(C)S(=O)(=O)N1CC[C@H](N)C1. The molecular formula is C9H21N3O2S. The van der Waals surface area contributed by atoms with Crippen molar-refractivity contribution in [3.8, 4) is 0 Å². The third-order valence-corrected chi connectivity index (χ3v) is 4.45. The van der Waals surface area contributed by atoms with Gasteiger partial charge >= 0.3 is 0 Å². The van der Waals surface area contributed by atoms with Crippen LogP contribution in [0.15, 0.2) is 0 Å². The highest BCUT2D eigenvalue weighted by Crippen LogP contribution is 2.15. The number of hydrogen-bond acceptors (Lipinski definition) is 3. The zero-order valence-corrected chi connectivity index (χ0v) is 10.5. The van der Waals surface area contributed by atoms with Crippen LogP contribution in [-0.2, 0) is 10.2 Å². The van der Waals surface area contributed by atoms with Gasteiger partial charge in [-0.05, 0) is 12.3 Å². The minimum absolute atomic E-state index is 0.00720. The molecule has 1 fully saturated rings. The summed E-state index contributed by atoms with van der Waals surface area (Å²) in [6.45, 7) is 5.55. The molecule has 1 aliphatic rings. The zero-order chi connectivity index (χ0) is 11.6. The Morgan fingerprint density at radius 3 is 2.53 bits per heavy atom. The van der Waals surface area contributed by atoms with Crippen molar-refractivity contribution < 1.29 is 8.42 Å². The molecule has 15 heavy (non-hydrogen) atoms. The van der Waals surface area contributed by atoms with Gasteiger partial charge in [0.2, 0.25) is 0 Å². The molecule has 6 heteroatoms. The number of nitrogens with zero attached hydrogens (tertiary/aromatic N) is 2. The van der Waals surface area contributed by atoms with Crippen molar-refractivity contribution in [3.63, 3.8) is 0 Å². The van der Waals surface area contributed by atoms with Crippen molar-refractivity contribution in [2.75, 3.05) is 26.7 Å². The summed E-state index contributed by atoms with van der Waals surface area (Å²) in [5, 5.41) is 0. The predicted molar refractivity (Wildman–Crippen MR) is 60.6 cm³/mol. The van der Waals surface area contributed by atoms with E-state index in [4.69, 9.17) is 5.73 Å². The van der Waals surface area contributed by atoms with Gasteiger partial charge in [0.05, 0.1) is 0 Å². The van der Waals surface area contributed by atoms with Gasteiger partial charge in [-0.3, -0.25) is 0 Å². The fraction of sp³-hybridized carbons (Fsp3) is 1.00. The molecular weight excluding hydrogens is 214 g/mol. The van der Waals surface area contributed by atoms with Crippen molar-refractivity contribution in [3.05, 3.63) is 0 Å². The summed E-state index contributed by atoms with van der Waals surface area (Å²) < 4.78 is 26.9. The average molecular weight is 235 g/mol. The Balaban J connectivity index is 2.66. The fourth-order valence-corrected chi connectivity index (χ4v) is 3.37. The molecule has 0 aliphatic carbocycles. The second kappa shape index (κ2) is 4.78. The first-order chi connectivity index (χ1) is 6.84. The van der Waals surface area contributed by atoms with Gasteiger partial charge < -0.3 is 5.73 Å². The average Bonchev–Trinajstić information content (AvgIpc) is 2.50. The van der Waals surface area contributed by atoms with E-state index in [1.54, 1.807) is 7.05 Å². The number of rotatable bonds is 4. The Morgan fingerprint density at radius 2 is 2.13 bits per heavy atom. The Morgan fingerprint density at radius 1 is 1.53 bits per heavy atom. The van der Waals surface area contributed by atoms with Crippen LogP contribution < -0.4 is 5.73 Å². The molecule has 1 saturated heterocycles. The van der Waals surface area contributed by atoms with Crippen molar-refractivity contribution in [1.29, 1.82) is 0 Å². The normalized spacial score (nSPS) is 24.3. The molecule has 0 bridgehead atoms. The van der Waals surface area contributed by atoms with Gasteiger partial charge in [0, 0.05) is 32.7 Å². The molecule has 0 aromatic heterocycles. The summed E-state index contributed by atoms with van der Waals surface area (Å²) in [7, 11) is -1.66. The Hall–Kier alpha value is -0.170. The standard InChI is InChI=1S/C9H21N3O2S/c1-8(2)6-11(3)15(13,14)12-5-4-9(10)7-12/h8-9H,4-7,10H2,1-3H3/t9-/m0/s1. The highest BCUT2D eigenvalue weighted by molar-refractivity contribution is 7.86. The summed E-state index contributed by atoms with van der Waals surface area (Å²) in [4.78, 5) is 0.